The van der Waals surface area contributed by atoms with Gasteiger partial charge in [0.15, 0.2) is 0 Å². The number of hydrogen-bond donors (Lipinski definition) is 0. The molecule has 0 fully saturated rings. The second kappa shape index (κ2) is 5.26. The normalized spacial score (nSPS) is 11.5. The molecule has 0 N–H and O–H groups in total. The Morgan fingerprint density at radius 2 is 1.91 bits per heavy atom. The summed E-state index contributed by atoms with van der Waals surface area (Å²) >= 11 is 0. The van der Waals surface area contributed by atoms with E-state index in [1.807, 2.05) is 24.3 Å². The van der Waals surface area contributed by atoms with Gasteiger partial charge in [-0.15, -0.1) is 10.2 Å². The molecule has 0 radical (unpaired) electrons. The summed E-state index contributed by atoms with van der Waals surface area (Å²) in [6.07, 6.45) is 1.84. The lowest BCUT2D eigenvalue weighted by Crippen LogP contribution is -1.98. The van der Waals surface area contributed by atoms with Gasteiger partial charge in [-0.05, 0) is 30.7 Å². The van der Waals surface area contributed by atoms with Gasteiger partial charge in [0.2, 0.25) is 12.3 Å². The van der Waals surface area contributed by atoms with Gasteiger partial charge in [-0.1, -0.05) is 18.2 Å². The second-order valence-corrected chi connectivity index (χ2v) is 5.19. The molecule has 0 aliphatic rings. The Hall–Kier alpha value is -2.69. The predicted octanol–water partition coefficient (Wildman–Crippen LogP) is 4.20. The van der Waals surface area contributed by atoms with E-state index >= 15 is 0 Å². The fraction of sp³-hybridized carbons (Fsp3) is 0.176. The van der Waals surface area contributed by atoms with Gasteiger partial charge in [0, 0.05) is 33.9 Å². The van der Waals surface area contributed by atoms with Gasteiger partial charge in [-0.25, -0.2) is 0 Å². The third-order valence-electron chi connectivity index (χ3n) is 3.89. The van der Waals surface area contributed by atoms with Crippen molar-refractivity contribution in [2.24, 2.45) is 0 Å². The zero-order valence-electron chi connectivity index (χ0n) is 11.9. The molecule has 110 valence electrons. The maximum absolute atomic E-state index is 12.6. The van der Waals surface area contributed by atoms with E-state index in [0.717, 1.165) is 27.4 Å². The minimum absolute atomic E-state index is 0.311. The van der Waals surface area contributed by atoms with E-state index in [1.165, 1.54) is 6.39 Å². The van der Waals surface area contributed by atoms with Crippen molar-refractivity contribution in [1.82, 2.24) is 14.8 Å². The molecular formula is C17H14FN3O. The lowest BCUT2D eigenvalue weighted by Gasteiger charge is -2.05. The molecule has 0 unspecified atom stereocenters. The Balaban J connectivity index is 1.98. The fourth-order valence-corrected chi connectivity index (χ4v) is 2.94. The highest BCUT2D eigenvalue weighted by Gasteiger charge is 2.12. The van der Waals surface area contributed by atoms with Crippen molar-refractivity contribution >= 4 is 21.8 Å². The van der Waals surface area contributed by atoms with Crippen LogP contribution in [0.1, 0.15) is 6.42 Å². The van der Waals surface area contributed by atoms with Crippen LogP contribution in [0.3, 0.4) is 0 Å². The molecule has 5 heteroatoms. The maximum Gasteiger partial charge on any atom is 0.247 e. The molecule has 0 aliphatic heterocycles. The number of halogens is 1. The number of aryl methyl sites for hydroxylation is 1. The molecule has 22 heavy (non-hydrogen) atoms. The van der Waals surface area contributed by atoms with Crippen LogP contribution in [0.5, 0.6) is 0 Å². The summed E-state index contributed by atoms with van der Waals surface area (Å²) in [6.45, 7) is 0.356. The van der Waals surface area contributed by atoms with Gasteiger partial charge in [0.05, 0.1) is 6.67 Å². The standard InChI is InChI=1S/C17H14FN3O/c18-8-3-9-21-15-5-2-1-4-13(15)14-10-12(6-7-16(14)21)17-20-19-11-22-17/h1-2,4-7,10-11H,3,8-9H2. The van der Waals surface area contributed by atoms with Crippen molar-refractivity contribution in [3.8, 4) is 11.5 Å². The molecule has 0 amide bonds. The molecule has 2 heterocycles. The highest BCUT2D eigenvalue weighted by molar-refractivity contribution is 6.09. The molecule has 2 aromatic carbocycles. The van der Waals surface area contributed by atoms with E-state index < -0.39 is 0 Å². The van der Waals surface area contributed by atoms with Gasteiger partial charge in [0.1, 0.15) is 0 Å². The van der Waals surface area contributed by atoms with Gasteiger partial charge in [0.25, 0.3) is 0 Å². The second-order valence-electron chi connectivity index (χ2n) is 5.19. The average molecular weight is 295 g/mol. The van der Waals surface area contributed by atoms with Crippen LogP contribution in [0, 0.1) is 0 Å². The summed E-state index contributed by atoms with van der Waals surface area (Å²) in [5, 5.41) is 9.95. The minimum atomic E-state index is -0.311. The first-order valence-corrected chi connectivity index (χ1v) is 7.22. The number of rotatable bonds is 4. The Labute approximate surface area is 126 Å². The van der Waals surface area contributed by atoms with Crippen molar-refractivity contribution in [3.05, 3.63) is 48.9 Å². The number of para-hydroxylation sites is 1. The number of nitrogens with zero attached hydrogens (tertiary/aromatic N) is 3. The van der Waals surface area contributed by atoms with E-state index in [1.54, 1.807) is 0 Å². The SMILES string of the molecule is FCCCn1c2ccccc2c2cc(-c3nnco3)ccc21. The lowest BCUT2D eigenvalue weighted by molar-refractivity contribution is 0.452. The summed E-state index contributed by atoms with van der Waals surface area (Å²) in [5.41, 5.74) is 3.10. The summed E-state index contributed by atoms with van der Waals surface area (Å²) < 4.78 is 20.0. The van der Waals surface area contributed by atoms with Crippen molar-refractivity contribution in [3.63, 3.8) is 0 Å². The van der Waals surface area contributed by atoms with E-state index in [2.05, 4.69) is 33.0 Å². The van der Waals surface area contributed by atoms with Crippen molar-refractivity contribution in [2.45, 2.75) is 13.0 Å². The molecule has 4 aromatic rings. The summed E-state index contributed by atoms with van der Waals surface area (Å²) in [6, 6.07) is 14.2. The van der Waals surface area contributed by atoms with Crippen LogP contribution in [0.4, 0.5) is 4.39 Å². The smallest absolute Gasteiger partial charge is 0.247 e. The van der Waals surface area contributed by atoms with Gasteiger partial charge in [-0.3, -0.25) is 4.39 Å². The maximum atomic E-state index is 12.6. The van der Waals surface area contributed by atoms with Crippen molar-refractivity contribution < 1.29 is 8.81 Å². The number of hydrogen-bond acceptors (Lipinski definition) is 3. The zero-order valence-corrected chi connectivity index (χ0v) is 11.9. The van der Waals surface area contributed by atoms with Crippen LogP contribution in [-0.4, -0.2) is 21.4 Å². The Bertz CT molecular complexity index is 928. The summed E-state index contributed by atoms with van der Waals surface area (Å²) in [7, 11) is 0. The first-order chi connectivity index (χ1) is 10.9. The summed E-state index contributed by atoms with van der Waals surface area (Å²) in [4.78, 5) is 0. The Morgan fingerprint density at radius 3 is 2.73 bits per heavy atom. The first kappa shape index (κ1) is 13.0. The van der Waals surface area contributed by atoms with Crippen molar-refractivity contribution in [2.75, 3.05) is 6.67 Å². The molecule has 0 aliphatic carbocycles. The van der Waals surface area contributed by atoms with Crippen LogP contribution < -0.4 is 0 Å². The molecule has 2 aromatic heterocycles. The van der Waals surface area contributed by atoms with Crippen LogP contribution in [-0.2, 0) is 6.54 Å². The fourth-order valence-electron chi connectivity index (χ4n) is 2.94. The number of benzene rings is 2. The topological polar surface area (TPSA) is 43.9 Å². The lowest BCUT2D eigenvalue weighted by atomic mass is 10.1. The van der Waals surface area contributed by atoms with E-state index in [9.17, 15) is 4.39 Å². The molecule has 0 bridgehead atoms. The highest BCUT2D eigenvalue weighted by Crippen LogP contribution is 2.32. The Kier molecular flexibility index (Phi) is 3.11. The average Bonchev–Trinajstić information content (AvgIpc) is 3.19. The molecule has 0 spiro atoms. The molecule has 0 saturated carbocycles. The molecule has 4 rings (SSSR count). The quantitative estimate of drug-likeness (QED) is 0.566. The largest absolute Gasteiger partial charge is 0.423 e. The monoisotopic (exact) mass is 295 g/mol. The van der Waals surface area contributed by atoms with Crippen molar-refractivity contribution in [1.29, 1.82) is 0 Å². The van der Waals surface area contributed by atoms with Crippen LogP contribution in [0.25, 0.3) is 33.3 Å². The third-order valence-corrected chi connectivity index (χ3v) is 3.89. The van der Waals surface area contributed by atoms with Gasteiger partial charge >= 0.3 is 0 Å². The first-order valence-electron chi connectivity index (χ1n) is 7.22. The predicted molar refractivity (Wildman–Crippen MR) is 83.3 cm³/mol. The Morgan fingerprint density at radius 1 is 1.05 bits per heavy atom. The van der Waals surface area contributed by atoms with Crippen LogP contribution in [0.15, 0.2) is 53.3 Å². The van der Waals surface area contributed by atoms with E-state index in [0.29, 0.717) is 18.9 Å². The molecule has 4 nitrogen and oxygen atoms in total. The van der Waals surface area contributed by atoms with Gasteiger partial charge in [-0.2, -0.15) is 0 Å². The van der Waals surface area contributed by atoms with Crippen LogP contribution >= 0.6 is 0 Å². The molecular weight excluding hydrogens is 281 g/mol. The highest BCUT2D eigenvalue weighted by atomic mass is 19.1. The van der Waals surface area contributed by atoms with E-state index in [-0.39, 0.29) is 6.67 Å². The molecule has 0 saturated heterocycles. The molecule has 0 atom stereocenters. The van der Waals surface area contributed by atoms with Crippen LogP contribution in [0.2, 0.25) is 0 Å². The zero-order chi connectivity index (χ0) is 14.9. The number of aromatic nitrogens is 3. The number of alkyl halides is 1. The minimum Gasteiger partial charge on any atom is -0.423 e. The summed E-state index contributed by atoms with van der Waals surface area (Å²) in [5.74, 6) is 0.502. The van der Waals surface area contributed by atoms with Gasteiger partial charge < -0.3 is 8.98 Å². The number of fused-ring (bicyclic) bond motifs is 3. The van der Waals surface area contributed by atoms with E-state index in [4.69, 9.17) is 4.42 Å². The third kappa shape index (κ3) is 1.97.